The molecule has 2 unspecified atom stereocenters. The van der Waals surface area contributed by atoms with E-state index in [1.165, 1.54) is 11.1 Å². The van der Waals surface area contributed by atoms with Crippen LogP contribution in [0.5, 0.6) is 0 Å². The zero-order valence-corrected chi connectivity index (χ0v) is 12.6. The van der Waals surface area contributed by atoms with Gasteiger partial charge in [-0.05, 0) is 43.7 Å². The average Bonchev–Trinajstić information content (AvgIpc) is 3.27. The lowest BCUT2D eigenvalue weighted by molar-refractivity contribution is -0.133. The highest BCUT2D eigenvalue weighted by Gasteiger charge is 2.51. The second-order valence-electron chi connectivity index (χ2n) is 6.27. The van der Waals surface area contributed by atoms with Gasteiger partial charge in [-0.2, -0.15) is 0 Å². The monoisotopic (exact) mass is 272 g/mol. The van der Waals surface area contributed by atoms with Gasteiger partial charge in [-0.15, -0.1) is 0 Å². The molecule has 2 atom stereocenters. The number of aryl methyl sites for hydroxylation is 1. The summed E-state index contributed by atoms with van der Waals surface area (Å²) in [5.74, 6) is 0.270. The van der Waals surface area contributed by atoms with Gasteiger partial charge in [0.2, 0.25) is 5.91 Å². The van der Waals surface area contributed by atoms with Gasteiger partial charge in [-0.3, -0.25) is 10.1 Å². The van der Waals surface area contributed by atoms with Gasteiger partial charge in [-0.1, -0.05) is 38.1 Å². The van der Waals surface area contributed by atoms with Gasteiger partial charge in [0.25, 0.3) is 0 Å². The van der Waals surface area contributed by atoms with Gasteiger partial charge in [0.15, 0.2) is 0 Å². The molecule has 2 aliphatic rings. The minimum absolute atomic E-state index is 0.0471. The first-order valence-corrected chi connectivity index (χ1v) is 7.78. The van der Waals surface area contributed by atoms with E-state index in [1.807, 2.05) is 6.92 Å². The first kappa shape index (κ1) is 13.6. The summed E-state index contributed by atoms with van der Waals surface area (Å²) in [5, 5.41) is 3.57. The normalized spacial score (nSPS) is 30.1. The molecule has 1 amide bonds. The predicted octanol–water partition coefficient (Wildman–Crippen LogP) is 3.01. The quantitative estimate of drug-likeness (QED) is 0.914. The molecule has 1 aromatic carbocycles. The molecular formula is C17H24N2O. The highest BCUT2D eigenvalue weighted by atomic mass is 16.2. The fourth-order valence-corrected chi connectivity index (χ4v) is 3.00. The molecule has 1 N–H and O–H groups in total. The number of nitrogens with zero attached hydrogens (tertiary/aromatic N) is 1. The van der Waals surface area contributed by atoms with Crippen molar-refractivity contribution in [2.75, 3.05) is 0 Å². The van der Waals surface area contributed by atoms with Crippen LogP contribution in [-0.4, -0.2) is 22.4 Å². The van der Waals surface area contributed by atoms with Crippen LogP contribution in [0.1, 0.15) is 57.3 Å². The van der Waals surface area contributed by atoms with E-state index in [1.54, 1.807) is 0 Å². The molecule has 3 rings (SSSR count). The summed E-state index contributed by atoms with van der Waals surface area (Å²) in [6.45, 7) is 6.28. The number of carbonyl (C=O) groups is 1. The minimum Gasteiger partial charge on any atom is -0.318 e. The molecule has 3 nitrogen and oxygen atoms in total. The third kappa shape index (κ3) is 2.14. The maximum Gasteiger partial charge on any atom is 0.244 e. The number of carbonyl (C=O) groups excluding carboxylic acids is 1. The molecule has 0 radical (unpaired) electrons. The molecule has 1 aromatic rings. The maximum atomic E-state index is 12.7. The molecule has 20 heavy (non-hydrogen) atoms. The van der Waals surface area contributed by atoms with Crippen molar-refractivity contribution in [1.82, 2.24) is 10.2 Å². The summed E-state index contributed by atoms with van der Waals surface area (Å²) in [4.78, 5) is 14.8. The first-order valence-electron chi connectivity index (χ1n) is 7.78. The highest BCUT2D eigenvalue weighted by Crippen LogP contribution is 2.41. The third-order valence-corrected chi connectivity index (χ3v) is 4.79. The van der Waals surface area contributed by atoms with E-state index < -0.39 is 5.54 Å². The van der Waals surface area contributed by atoms with Crippen LogP contribution >= 0.6 is 0 Å². The van der Waals surface area contributed by atoms with Gasteiger partial charge >= 0.3 is 0 Å². The van der Waals surface area contributed by atoms with Gasteiger partial charge in [0, 0.05) is 6.04 Å². The van der Waals surface area contributed by atoms with Crippen LogP contribution in [0.2, 0.25) is 0 Å². The lowest BCUT2D eigenvalue weighted by Gasteiger charge is -2.24. The van der Waals surface area contributed by atoms with Crippen LogP contribution in [0, 0.1) is 0 Å². The summed E-state index contributed by atoms with van der Waals surface area (Å²) in [5.41, 5.74) is 2.14. The van der Waals surface area contributed by atoms with Crippen LogP contribution in [0.15, 0.2) is 24.3 Å². The highest BCUT2D eigenvalue weighted by molar-refractivity contribution is 5.89. The summed E-state index contributed by atoms with van der Waals surface area (Å²) in [7, 11) is 0. The van der Waals surface area contributed by atoms with E-state index >= 15 is 0 Å². The lowest BCUT2D eigenvalue weighted by atomic mass is 9.99. The molecule has 108 valence electrons. The summed E-state index contributed by atoms with van der Waals surface area (Å²) < 4.78 is 0. The van der Waals surface area contributed by atoms with Crippen LogP contribution in [-0.2, 0) is 11.2 Å². The molecule has 0 aromatic heterocycles. The van der Waals surface area contributed by atoms with Crippen LogP contribution < -0.4 is 5.32 Å². The van der Waals surface area contributed by atoms with E-state index in [0.717, 1.165) is 25.7 Å². The van der Waals surface area contributed by atoms with Crippen molar-refractivity contribution in [2.24, 2.45) is 0 Å². The van der Waals surface area contributed by atoms with Crippen LogP contribution in [0.25, 0.3) is 0 Å². The second kappa shape index (κ2) is 4.88. The molecule has 2 fully saturated rings. The van der Waals surface area contributed by atoms with Crippen molar-refractivity contribution >= 4 is 5.91 Å². The van der Waals surface area contributed by atoms with Crippen LogP contribution in [0.4, 0.5) is 0 Å². The van der Waals surface area contributed by atoms with E-state index in [0.29, 0.717) is 6.04 Å². The molecule has 0 bridgehead atoms. The number of nitrogens with one attached hydrogen (secondary N) is 1. The molecule has 1 saturated carbocycles. The molecule has 1 saturated heterocycles. The Balaban J connectivity index is 1.91. The van der Waals surface area contributed by atoms with Gasteiger partial charge < -0.3 is 4.90 Å². The van der Waals surface area contributed by atoms with Crippen molar-refractivity contribution in [3.05, 3.63) is 35.4 Å². The SMILES string of the molecule is CCc1ccc(C2NC(C)(CC)C(=O)N2C2CC2)cc1. The van der Waals surface area contributed by atoms with E-state index in [4.69, 9.17) is 0 Å². The average molecular weight is 272 g/mol. The lowest BCUT2D eigenvalue weighted by Crippen LogP contribution is -2.43. The molecular weight excluding hydrogens is 248 g/mol. The Morgan fingerprint density at radius 2 is 1.90 bits per heavy atom. The van der Waals surface area contributed by atoms with Gasteiger partial charge in [0.05, 0.1) is 5.54 Å². The Bertz CT molecular complexity index is 506. The molecule has 1 aliphatic carbocycles. The van der Waals surface area contributed by atoms with E-state index in [2.05, 4.69) is 48.3 Å². The van der Waals surface area contributed by atoms with Gasteiger partial charge in [-0.25, -0.2) is 0 Å². The predicted molar refractivity (Wildman–Crippen MR) is 80.3 cm³/mol. The minimum atomic E-state index is -0.406. The molecule has 3 heteroatoms. The zero-order valence-electron chi connectivity index (χ0n) is 12.6. The van der Waals surface area contributed by atoms with Crippen molar-refractivity contribution in [3.63, 3.8) is 0 Å². The Kier molecular flexibility index (Phi) is 3.33. The number of rotatable bonds is 4. The van der Waals surface area contributed by atoms with Crippen molar-refractivity contribution < 1.29 is 4.79 Å². The Morgan fingerprint density at radius 3 is 2.40 bits per heavy atom. The second-order valence-corrected chi connectivity index (χ2v) is 6.27. The first-order chi connectivity index (χ1) is 9.59. The number of benzene rings is 1. The fraction of sp³-hybridized carbons (Fsp3) is 0.588. The van der Waals surface area contributed by atoms with Crippen molar-refractivity contribution in [3.8, 4) is 0 Å². The van der Waals surface area contributed by atoms with Crippen molar-refractivity contribution in [2.45, 2.75) is 64.2 Å². The third-order valence-electron chi connectivity index (χ3n) is 4.79. The Hall–Kier alpha value is -1.35. The molecule has 0 spiro atoms. The summed E-state index contributed by atoms with van der Waals surface area (Å²) in [6.07, 6.45) is 4.23. The van der Waals surface area contributed by atoms with E-state index in [9.17, 15) is 4.79 Å². The molecule has 1 heterocycles. The number of hydrogen-bond donors (Lipinski definition) is 1. The van der Waals surface area contributed by atoms with E-state index in [-0.39, 0.29) is 12.1 Å². The maximum absolute atomic E-state index is 12.7. The number of hydrogen-bond acceptors (Lipinski definition) is 2. The Labute approximate surface area is 121 Å². The van der Waals surface area contributed by atoms with Gasteiger partial charge in [0.1, 0.15) is 6.17 Å². The zero-order chi connectivity index (χ0) is 14.3. The number of amides is 1. The summed E-state index contributed by atoms with van der Waals surface area (Å²) >= 11 is 0. The largest absolute Gasteiger partial charge is 0.318 e. The summed E-state index contributed by atoms with van der Waals surface area (Å²) in [6, 6.07) is 9.13. The Morgan fingerprint density at radius 1 is 1.25 bits per heavy atom. The molecule has 1 aliphatic heterocycles. The standard InChI is InChI=1S/C17H24N2O/c1-4-12-6-8-13(9-7-12)15-18-17(3,5-2)16(20)19(15)14-10-11-14/h6-9,14-15,18H,4-5,10-11H2,1-3H3. The fourth-order valence-electron chi connectivity index (χ4n) is 3.00. The topological polar surface area (TPSA) is 32.3 Å². The smallest absolute Gasteiger partial charge is 0.244 e. The van der Waals surface area contributed by atoms with Crippen LogP contribution in [0.3, 0.4) is 0 Å². The van der Waals surface area contributed by atoms with Crippen molar-refractivity contribution in [1.29, 1.82) is 0 Å².